The second-order valence-corrected chi connectivity index (χ2v) is 6.04. The SMILES string of the molecule is CCCn1cc(NC(=O)C2CC(c3ccccc3NC(C)=O)=NO2)cn1. The van der Waals surface area contributed by atoms with Gasteiger partial charge in [-0.1, -0.05) is 30.3 Å². The second kappa shape index (κ2) is 7.81. The molecule has 1 unspecified atom stereocenters. The van der Waals surface area contributed by atoms with Crippen molar-refractivity contribution >= 4 is 28.9 Å². The first-order valence-electron chi connectivity index (χ1n) is 8.50. The van der Waals surface area contributed by atoms with Crippen molar-refractivity contribution in [1.82, 2.24) is 9.78 Å². The molecule has 0 radical (unpaired) electrons. The Bertz CT molecular complexity index is 843. The molecule has 0 fully saturated rings. The lowest BCUT2D eigenvalue weighted by Gasteiger charge is -2.09. The molecular formula is C18H21N5O3. The third-order valence-electron chi connectivity index (χ3n) is 3.86. The minimum absolute atomic E-state index is 0.171. The Morgan fingerprint density at radius 3 is 2.88 bits per heavy atom. The van der Waals surface area contributed by atoms with E-state index in [0.29, 0.717) is 23.5 Å². The summed E-state index contributed by atoms with van der Waals surface area (Å²) < 4.78 is 1.77. The molecule has 2 heterocycles. The van der Waals surface area contributed by atoms with Crippen LogP contribution >= 0.6 is 0 Å². The van der Waals surface area contributed by atoms with Crippen LogP contribution in [0, 0.1) is 0 Å². The smallest absolute Gasteiger partial charge is 0.268 e. The highest BCUT2D eigenvalue weighted by atomic mass is 16.6. The van der Waals surface area contributed by atoms with Crippen molar-refractivity contribution < 1.29 is 14.4 Å². The van der Waals surface area contributed by atoms with Gasteiger partial charge in [0.15, 0.2) is 0 Å². The summed E-state index contributed by atoms with van der Waals surface area (Å²) in [6.07, 6.45) is 3.96. The third kappa shape index (κ3) is 4.08. The van der Waals surface area contributed by atoms with E-state index < -0.39 is 6.10 Å². The summed E-state index contributed by atoms with van der Waals surface area (Å²) in [7, 11) is 0. The highest BCUT2D eigenvalue weighted by molar-refractivity contribution is 6.10. The summed E-state index contributed by atoms with van der Waals surface area (Å²) >= 11 is 0. The number of carbonyl (C=O) groups excluding carboxylic acids is 2. The molecule has 136 valence electrons. The van der Waals surface area contributed by atoms with E-state index in [-0.39, 0.29) is 11.8 Å². The van der Waals surface area contributed by atoms with E-state index in [9.17, 15) is 9.59 Å². The van der Waals surface area contributed by atoms with Crippen LogP contribution in [0.25, 0.3) is 0 Å². The first kappa shape index (κ1) is 17.7. The van der Waals surface area contributed by atoms with Gasteiger partial charge in [0.05, 0.1) is 17.6 Å². The molecule has 2 aromatic rings. The Labute approximate surface area is 151 Å². The van der Waals surface area contributed by atoms with Crippen LogP contribution in [0.5, 0.6) is 0 Å². The number of para-hydroxylation sites is 1. The van der Waals surface area contributed by atoms with Crippen LogP contribution in [0.4, 0.5) is 11.4 Å². The number of carbonyl (C=O) groups is 2. The maximum absolute atomic E-state index is 12.4. The molecule has 1 aliphatic heterocycles. The molecule has 0 saturated carbocycles. The van der Waals surface area contributed by atoms with Gasteiger partial charge in [-0.25, -0.2) is 0 Å². The summed E-state index contributed by atoms with van der Waals surface area (Å²) in [4.78, 5) is 29.1. The van der Waals surface area contributed by atoms with Crippen LogP contribution in [0.1, 0.15) is 32.3 Å². The van der Waals surface area contributed by atoms with Crippen molar-refractivity contribution in [3.05, 3.63) is 42.2 Å². The van der Waals surface area contributed by atoms with E-state index in [2.05, 4.69) is 27.8 Å². The third-order valence-corrected chi connectivity index (χ3v) is 3.86. The fourth-order valence-electron chi connectivity index (χ4n) is 2.71. The number of hydrogen-bond donors (Lipinski definition) is 2. The minimum Gasteiger partial charge on any atom is -0.382 e. The van der Waals surface area contributed by atoms with E-state index in [1.807, 2.05) is 18.2 Å². The summed E-state index contributed by atoms with van der Waals surface area (Å²) in [5, 5.41) is 13.8. The number of nitrogens with one attached hydrogen (secondary N) is 2. The molecule has 1 aliphatic rings. The van der Waals surface area contributed by atoms with Gasteiger partial charge in [0.25, 0.3) is 5.91 Å². The molecule has 1 atom stereocenters. The number of hydrogen-bond acceptors (Lipinski definition) is 5. The molecule has 0 saturated heterocycles. The molecule has 1 aromatic carbocycles. The van der Waals surface area contributed by atoms with Gasteiger partial charge in [-0.05, 0) is 12.5 Å². The van der Waals surface area contributed by atoms with Gasteiger partial charge in [-0.15, -0.1) is 0 Å². The molecule has 0 spiro atoms. The fourth-order valence-corrected chi connectivity index (χ4v) is 2.71. The average molecular weight is 355 g/mol. The van der Waals surface area contributed by atoms with E-state index >= 15 is 0 Å². The van der Waals surface area contributed by atoms with Gasteiger partial charge in [0, 0.05) is 37.3 Å². The zero-order valence-corrected chi connectivity index (χ0v) is 14.7. The lowest BCUT2D eigenvalue weighted by atomic mass is 10.0. The normalized spacial score (nSPS) is 15.9. The van der Waals surface area contributed by atoms with Gasteiger partial charge in [0.2, 0.25) is 12.0 Å². The topological polar surface area (TPSA) is 97.6 Å². The number of oxime groups is 1. The summed E-state index contributed by atoms with van der Waals surface area (Å²) in [5.74, 6) is -0.452. The number of benzene rings is 1. The van der Waals surface area contributed by atoms with E-state index in [1.54, 1.807) is 23.1 Å². The summed E-state index contributed by atoms with van der Waals surface area (Å²) in [6.45, 7) is 4.30. The van der Waals surface area contributed by atoms with Crippen LogP contribution < -0.4 is 10.6 Å². The van der Waals surface area contributed by atoms with Crippen molar-refractivity contribution in [2.24, 2.45) is 5.16 Å². The Morgan fingerprint density at radius 1 is 1.31 bits per heavy atom. The molecular weight excluding hydrogens is 334 g/mol. The highest BCUT2D eigenvalue weighted by Gasteiger charge is 2.30. The van der Waals surface area contributed by atoms with Crippen LogP contribution in [-0.4, -0.2) is 33.4 Å². The fraction of sp³-hybridized carbons (Fsp3) is 0.333. The predicted octanol–water partition coefficient (Wildman–Crippen LogP) is 2.38. The Kier molecular flexibility index (Phi) is 5.31. The number of amides is 2. The standard InChI is InChI=1S/C18H21N5O3/c1-3-8-23-11-13(10-19-23)21-18(25)17-9-16(22-26-17)14-6-4-5-7-15(14)20-12(2)24/h4-7,10-11,17H,3,8-9H2,1-2H3,(H,20,24)(H,21,25). The van der Waals surface area contributed by atoms with Gasteiger partial charge in [-0.2, -0.15) is 5.10 Å². The van der Waals surface area contributed by atoms with Crippen LogP contribution in [0.3, 0.4) is 0 Å². The average Bonchev–Trinajstić information content (AvgIpc) is 3.25. The first-order chi connectivity index (χ1) is 12.6. The quantitative estimate of drug-likeness (QED) is 0.831. The Morgan fingerprint density at radius 2 is 2.12 bits per heavy atom. The van der Waals surface area contributed by atoms with E-state index in [1.165, 1.54) is 6.92 Å². The van der Waals surface area contributed by atoms with Crippen molar-refractivity contribution in [3.63, 3.8) is 0 Å². The number of aryl methyl sites for hydroxylation is 1. The van der Waals surface area contributed by atoms with Crippen LogP contribution in [0.2, 0.25) is 0 Å². The molecule has 26 heavy (non-hydrogen) atoms. The largest absolute Gasteiger partial charge is 0.382 e. The summed E-state index contributed by atoms with van der Waals surface area (Å²) in [6, 6.07) is 7.29. The number of anilines is 2. The predicted molar refractivity (Wildman–Crippen MR) is 97.9 cm³/mol. The molecule has 0 aliphatic carbocycles. The van der Waals surface area contributed by atoms with Gasteiger partial charge in [0.1, 0.15) is 0 Å². The number of aromatic nitrogens is 2. The zero-order chi connectivity index (χ0) is 18.5. The second-order valence-electron chi connectivity index (χ2n) is 6.04. The monoisotopic (exact) mass is 355 g/mol. The highest BCUT2D eigenvalue weighted by Crippen LogP contribution is 2.23. The van der Waals surface area contributed by atoms with Crippen molar-refractivity contribution in [1.29, 1.82) is 0 Å². The van der Waals surface area contributed by atoms with Crippen LogP contribution in [-0.2, 0) is 21.0 Å². The maximum Gasteiger partial charge on any atom is 0.268 e. The molecule has 0 bridgehead atoms. The molecule has 8 heteroatoms. The van der Waals surface area contributed by atoms with Crippen LogP contribution in [0.15, 0.2) is 41.8 Å². The molecule has 8 nitrogen and oxygen atoms in total. The van der Waals surface area contributed by atoms with Crippen molar-refractivity contribution in [3.8, 4) is 0 Å². The Balaban J connectivity index is 1.64. The van der Waals surface area contributed by atoms with Gasteiger partial charge in [-0.3, -0.25) is 14.3 Å². The number of nitrogens with zero attached hydrogens (tertiary/aromatic N) is 3. The molecule has 1 aromatic heterocycles. The zero-order valence-electron chi connectivity index (χ0n) is 14.7. The Hall–Kier alpha value is -3.16. The maximum atomic E-state index is 12.4. The lowest BCUT2D eigenvalue weighted by Crippen LogP contribution is -2.28. The molecule has 2 amide bonds. The first-order valence-corrected chi connectivity index (χ1v) is 8.50. The van der Waals surface area contributed by atoms with Gasteiger partial charge < -0.3 is 15.5 Å². The minimum atomic E-state index is -0.718. The van der Waals surface area contributed by atoms with E-state index in [4.69, 9.17) is 4.84 Å². The lowest BCUT2D eigenvalue weighted by molar-refractivity contribution is -0.125. The van der Waals surface area contributed by atoms with Gasteiger partial charge >= 0.3 is 0 Å². The summed E-state index contributed by atoms with van der Waals surface area (Å²) in [5.41, 5.74) is 2.63. The van der Waals surface area contributed by atoms with Crippen molar-refractivity contribution in [2.45, 2.75) is 39.3 Å². The van der Waals surface area contributed by atoms with E-state index in [0.717, 1.165) is 18.5 Å². The molecule has 2 N–H and O–H groups in total. The van der Waals surface area contributed by atoms with Crippen molar-refractivity contribution in [2.75, 3.05) is 10.6 Å². The molecule has 3 rings (SSSR count). The number of rotatable bonds is 6.